The van der Waals surface area contributed by atoms with Crippen LogP contribution in [-0.2, 0) is 22.6 Å². The van der Waals surface area contributed by atoms with Crippen molar-refractivity contribution in [3.05, 3.63) is 97.9 Å². The number of benzene rings is 3. The molecule has 1 atom stereocenters. The van der Waals surface area contributed by atoms with E-state index in [2.05, 4.69) is 37.2 Å². The molecule has 0 unspecified atom stereocenters. The van der Waals surface area contributed by atoms with Crippen LogP contribution in [0.4, 0.5) is 0 Å². The predicted molar refractivity (Wildman–Crippen MR) is 158 cm³/mol. The molecule has 1 fully saturated rings. The number of nitrogens with one attached hydrogen (secondary N) is 1. The second-order valence-electron chi connectivity index (χ2n) is 9.56. The number of halogens is 3. The molecule has 3 aromatic rings. The number of rotatable bonds is 10. The third kappa shape index (κ3) is 8.32. The Balaban J connectivity index is 1.61. The summed E-state index contributed by atoms with van der Waals surface area (Å²) in [5.41, 5.74) is 1.91. The van der Waals surface area contributed by atoms with Crippen LogP contribution in [0.15, 0.2) is 81.7 Å². The van der Waals surface area contributed by atoms with Gasteiger partial charge in [0.25, 0.3) is 5.91 Å². The predicted octanol–water partition coefficient (Wildman–Crippen LogP) is 7.33. The van der Waals surface area contributed by atoms with Crippen LogP contribution in [0.5, 0.6) is 5.75 Å². The van der Waals surface area contributed by atoms with Gasteiger partial charge in [0.2, 0.25) is 5.91 Å². The maximum atomic E-state index is 13.8. The highest BCUT2D eigenvalue weighted by molar-refractivity contribution is 9.10. The van der Waals surface area contributed by atoms with E-state index in [9.17, 15) is 9.59 Å². The molecule has 8 heteroatoms. The van der Waals surface area contributed by atoms with Crippen LogP contribution in [0.2, 0.25) is 5.02 Å². The molecular weight excluding hydrogens is 632 g/mol. The van der Waals surface area contributed by atoms with Crippen molar-refractivity contribution < 1.29 is 14.3 Å². The fourth-order valence-electron chi connectivity index (χ4n) is 4.70. The molecular formula is C30H31Br2ClN2O3. The molecule has 3 aromatic carbocycles. The summed E-state index contributed by atoms with van der Waals surface area (Å²) < 4.78 is 7.61. The molecule has 0 spiro atoms. The lowest BCUT2D eigenvalue weighted by atomic mass is 9.94. The number of carbonyl (C=O) groups excluding carboxylic acids is 2. The van der Waals surface area contributed by atoms with E-state index in [4.69, 9.17) is 16.3 Å². The van der Waals surface area contributed by atoms with Crippen molar-refractivity contribution in [3.8, 4) is 5.75 Å². The molecule has 5 nitrogen and oxygen atoms in total. The SMILES string of the molecule is O=C(NC1CCCCC1)[C@H](Cc1ccccc1)N(Cc1ccc(Br)cc1)C(=O)COc1ccc(Br)cc1Cl. The van der Waals surface area contributed by atoms with Gasteiger partial charge < -0.3 is 15.0 Å². The highest BCUT2D eigenvalue weighted by atomic mass is 79.9. The molecule has 0 bridgehead atoms. The molecule has 1 saturated carbocycles. The van der Waals surface area contributed by atoms with E-state index in [1.165, 1.54) is 6.42 Å². The Kier molecular flexibility index (Phi) is 10.7. The van der Waals surface area contributed by atoms with Gasteiger partial charge >= 0.3 is 0 Å². The number of ether oxygens (including phenoxy) is 1. The van der Waals surface area contributed by atoms with Crippen molar-refractivity contribution in [2.45, 2.75) is 57.2 Å². The van der Waals surface area contributed by atoms with Crippen LogP contribution < -0.4 is 10.1 Å². The molecule has 0 aromatic heterocycles. The Morgan fingerprint density at radius 2 is 1.61 bits per heavy atom. The zero-order valence-electron chi connectivity index (χ0n) is 21.0. The average Bonchev–Trinajstić information content (AvgIpc) is 2.92. The van der Waals surface area contributed by atoms with E-state index in [0.717, 1.165) is 45.8 Å². The molecule has 1 aliphatic rings. The average molecular weight is 663 g/mol. The van der Waals surface area contributed by atoms with Gasteiger partial charge in [-0.15, -0.1) is 0 Å². The monoisotopic (exact) mass is 660 g/mol. The van der Waals surface area contributed by atoms with Gasteiger partial charge in [-0.25, -0.2) is 0 Å². The van der Waals surface area contributed by atoms with Gasteiger partial charge in [-0.3, -0.25) is 9.59 Å². The second-order valence-corrected chi connectivity index (χ2v) is 11.8. The molecule has 1 N–H and O–H groups in total. The van der Waals surface area contributed by atoms with Crippen LogP contribution in [0, 0.1) is 0 Å². The summed E-state index contributed by atoms with van der Waals surface area (Å²) in [5.74, 6) is -0.00223. The minimum atomic E-state index is -0.695. The zero-order valence-corrected chi connectivity index (χ0v) is 25.0. The number of carbonyl (C=O) groups is 2. The smallest absolute Gasteiger partial charge is 0.261 e. The van der Waals surface area contributed by atoms with Crippen LogP contribution >= 0.6 is 43.5 Å². The fourth-order valence-corrected chi connectivity index (χ4v) is 5.69. The first-order chi connectivity index (χ1) is 18.4. The zero-order chi connectivity index (χ0) is 26.9. The van der Waals surface area contributed by atoms with Gasteiger partial charge in [-0.1, -0.05) is 105 Å². The highest BCUT2D eigenvalue weighted by Gasteiger charge is 2.32. The normalized spacial score (nSPS) is 14.5. The molecule has 38 heavy (non-hydrogen) atoms. The number of hydrogen-bond donors (Lipinski definition) is 1. The largest absolute Gasteiger partial charge is 0.482 e. The van der Waals surface area contributed by atoms with Gasteiger partial charge in [0.05, 0.1) is 5.02 Å². The van der Waals surface area contributed by atoms with Crippen molar-refractivity contribution in [1.82, 2.24) is 10.2 Å². The second kappa shape index (κ2) is 14.2. The lowest BCUT2D eigenvalue weighted by Crippen LogP contribution is -2.53. The van der Waals surface area contributed by atoms with Gasteiger partial charge in [0, 0.05) is 28.0 Å². The maximum absolute atomic E-state index is 13.8. The van der Waals surface area contributed by atoms with Crippen LogP contribution in [0.1, 0.15) is 43.2 Å². The Morgan fingerprint density at radius 3 is 2.29 bits per heavy atom. The Hall–Kier alpha value is -2.35. The minimum Gasteiger partial charge on any atom is -0.482 e. The summed E-state index contributed by atoms with van der Waals surface area (Å²) >= 11 is 13.2. The number of nitrogens with zero attached hydrogens (tertiary/aromatic N) is 1. The lowest BCUT2D eigenvalue weighted by Gasteiger charge is -2.33. The molecule has 2 amide bonds. The summed E-state index contributed by atoms with van der Waals surface area (Å²) in [4.78, 5) is 29.2. The third-order valence-corrected chi connectivity index (χ3v) is 8.05. The first-order valence-corrected chi connectivity index (χ1v) is 14.8. The molecule has 0 radical (unpaired) electrons. The summed E-state index contributed by atoms with van der Waals surface area (Å²) in [6.45, 7) is 0.0407. The van der Waals surface area contributed by atoms with Crippen molar-refractivity contribution in [2.24, 2.45) is 0 Å². The van der Waals surface area contributed by atoms with E-state index >= 15 is 0 Å². The van der Waals surface area contributed by atoms with Gasteiger partial charge in [0.1, 0.15) is 11.8 Å². The number of amides is 2. The minimum absolute atomic E-state index is 0.132. The maximum Gasteiger partial charge on any atom is 0.261 e. The summed E-state index contributed by atoms with van der Waals surface area (Å²) in [6.07, 6.45) is 5.76. The van der Waals surface area contributed by atoms with Crippen LogP contribution in [-0.4, -0.2) is 35.4 Å². The Bertz CT molecular complexity index is 1220. The Labute approximate surface area is 246 Å². The molecule has 200 valence electrons. The van der Waals surface area contributed by atoms with E-state index in [0.29, 0.717) is 17.2 Å². The van der Waals surface area contributed by atoms with E-state index in [-0.39, 0.29) is 31.0 Å². The van der Waals surface area contributed by atoms with Crippen LogP contribution in [0.3, 0.4) is 0 Å². The summed E-state index contributed by atoms with van der Waals surface area (Å²) in [7, 11) is 0. The van der Waals surface area contributed by atoms with Crippen molar-refractivity contribution in [2.75, 3.05) is 6.61 Å². The lowest BCUT2D eigenvalue weighted by molar-refractivity contribution is -0.143. The number of hydrogen-bond acceptors (Lipinski definition) is 3. The van der Waals surface area contributed by atoms with E-state index < -0.39 is 6.04 Å². The molecule has 0 heterocycles. The fraction of sp³-hybridized carbons (Fsp3) is 0.333. The standard InChI is InChI=1S/C30H31Br2ClN2O3/c31-23-13-11-22(12-14-23)19-35(29(36)20-38-28-16-15-24(32)18-26(28)33)27(17-21-7-3-1-4-8-21)30(37)34-25-9-5-2-6-10-25/h1,3-4,7-8,11-16,18,25,27H,2,5-6,9-10,17,19-20H2,(H,34,37)/t27-/m0/s1. The highest BCUT2D eigenvalue weighted by Crippen LogP contribution is 2.28. The topological polar surface area (TPSA) is 58.6 Å². The molecule has 0 aliphatic heterocycles. The first kappa shape index (κ1) is 28.7. The summed E-state index contributed by atoms with van der Waals surface area (Å²) in [5, 5.41) is 3.66. The van der Waals surface area contributed by atoms with E-state index in [1.54, 1.807) is 23.1 Å². The van der Waals surface area contributed by atoms with Gasteiger partial charge in [0.15, 0.2) is 6.61 Å². The van der Waals surface area contributed by atoms with Crippen molar-refractivity contribution >= 4 is 55.3 Å². The van der Waals surface area contributed by atoms with Crippen molar-refractivity contribution in [3.63, 3.8) is 0 Å². The van der Waals surface area contributed by atoms with E-state index in [1.807, 2.05) is 54.6 Å². The quantitative estimate of drug-likeness (QED) is 0.247. The molecule has 0 saturated heterocycles. The Morgan fingerprint density at radius 1 is 0.921 bits per heavy atom. The summed E-state index contributed by atoms with van der Waals surface area (Å²) in [6, 6.07) is 22.3. The first-order valence-electron chi connectivity index (χ1n) is 12.8. The van der Waals surface area contributed by atoms with Crippen molar-refractivity contribution in [1.29, 1.82) is 0 Å². The van der Waals surface area contributed by atoms with Gasteiger partial charge in [-0.2, -0.15) is 0 Å². The molecule has 1 aliphatic carbocycles. The van der Waals surface area contributed by atoms with Gasteiger partial charge in [-0.05, 0) is 54.3 Å². The molecule has 4 rings (SSSR count). The van der Waals surface area contributed by atoms with Crippen LogP contribution in [0.25, 0.3) is 0 Å². The third-order valence-electron chi connectivity index (χ3n) is 6.73.